The summed E-state index contributed by atoms with van der Waals surface area (Å²) in [6.07, 6.45) is 5.06. The molecule has 0 bridgehead atoms. The molecule has 0 aliphatic carbocycles. The van der Waals surface area contributed by atoms with E-state index in [4.69, 9.17) is 0 Å². The normalized spacial score (nSPS) is 8.00. The van der Waals surface area contributed by atoms with Crippen LogP contribution < -0.4 is 4.90 Å². The smallest absolute Gasteiger partial charge is 0.146 e. The molecule has 0 spiro atoms. The van der Waals surface area contributed by atoms with E-state index >= 15 is 0 Å². The highest BCUT2D eigenvalue weighted by atomic mass is 15.1. The van der Waals surface area contributed by atoms with Crippen molar-refractivity contribution >= 4 is 5.82 Å². The van der Waals surface area contributed by atoms with Crippen molar-refractivity contribution < 1.29 is 0 Å². The Labute approximate surface area is 68.1 Å². The van der Waals surface area contributed by atoms with Crippen LogP contribution in [-0.4, -0.2) is 24.1 Å². The second kappa shape index (κ2) is 5.65. The van der Waals surface area contributed by atoms with E-state index in [1.54, 1.807) is 18.6 Å². The lowest BCUT2D eigenvalue weighted by Gasteiger charge is -2.08. The zero-order valence-electron chi connectivity index (χ0n) is 7.57. The van der Waals surface area contributed by atoms with Crippen LogP contribution in [-0.2, 0) is 0 Å². The Hall–Kier alpha value is -1.12. The molecule has 0 atom stereocenters. The summed E-state index contributed by atoms with van der Waals surface area (Å²) in [6.45, 7) is 4.00. The van der Waals surface area contributed by atoms with Crippen LogP contribution in [0.2, 0.25) is 0 Å². The van der Waals surface area contributed by atoms with Gasteiger partial charge in [-0.2, -0.15) is 0 Å². The lowest BCUT2D eigenvalue weighted by atomic mass is 10.6. The molecule has 3 nitrogen and oxygen atoms in total. The lowest BCUT2D eigenvalue weighted by Crippen LogP contribution is -2.10. The fourth-order valence-corrected chi connectivity index (χ4v) is 0.522. The molecule has 0 saturated heterocycles. The second-order valence-electron chi connectivity index (χ2n) is 1.96. The molecule has 0 aliphatic heterocycles. The van der Waals surface area contributed by atoms with E-state index in [1.165, 1.54) is 0 Å². The van der Waals surface area contributed by atoms with Gasteiger partial charge < -0.3 is 4.90 Å². The number of aromatic nitrogens is 2. The number of anilines is 1. The van der Waals surface area contributed by atoms with Gasteiger partial charge in [-0.05, 0) is 0 Å². The van der Waals surface area contributed by atoms with E-state index in [1.807, 2.05) is 32.8 Å². The summed E-state index contributed by atoms with van der Waals surface area (Å²) in [5, 5.41) is 0. The average Bonchev–Trinajstić information content (AvgIpc) is 2.10. The summed E-state index contributed by atoms with van der Waals surface area (Å²) in [6, 6.07) is 0. The van der Waals surface area contributed by atoms with Crippen LogP contribution >= 0.6 is 0 Å². The second-order valence-corrected chi connectivity index (χ2v) is 1.96. The Morgan fingerprint density at radius 1 is 1.18 bits per heavy atom. The molecule has 1 rings (SSSR count). The summed E-state index contributed by atoms with van der Waals surface area (Å²) in [7, 11) is 3.87. The van der Waals surface area contributed by atoms with Crippen LogP contribution in [0.3, 0.4) is 0 Å². The number of hydrogen-bond acceptors (Lipinski definition) is 3. The maximum Gasteiger partial charge on any atom is 0.146 e. The average molecular weight is 153 g/mol. The fourth-order valence-electron chi connectivity index (χ4n) is 0.522. The first kappa shape index (κ1) is 9.88. The van der Waals surface area contributed by atoms with Crippen molar-refractivity contribution in [2.75, 3.05) is 19.0 Å². The molecule has 0 aromatic carbocycles. The summed E-state index contributed by atoms with van der Waals surface area (Å²) < 4.78 is 0. The van der Waals surface area contributed by atoms with Crippen molar-refractivity contribution in [2.24, 2.45) is 0 Å². The minimum atomic E-state index is 0.887. The van der Waals surface area contributed by atoms with Gasteiger partial charge in [0.2, 0.25) is 0 Å². The molecule has 0 saturated carbocycles. The van der Waals surface area contributed by atoms with Crippen LogP contribution in [0.15, 0.2) is 18.6 Å². The monoisotopic (exact) mass is 153 g/mol. The first-order valence-electron chi connectivity index (χ1n) is 3.74. The molecule has 1 aromatic rings. The summed E-state index contributed by atoms with van der Waals surface area (Å²) in [5.74, 6) is 0.887. The third-order valence-electron chi connectivity index (χ3n) is 1.01. The van der Waals surface area contributed by atoms with Crippen molar-refractivity contribution in [3.8, 4) is 0 Å². The standard InChI is InChI=1S/C6H9N3.C2H6/c1-9(2)6-5-7-3-4-8-6;1-2/h3-5H,1-2H3;1-2H3. The minimum absolute atomic E-state index is 0.887. The van der Waals surface area contributed by atoms with Crippen LogP contribution in [0.5, 0.6) is 0 Å². The molecule has 11 heavy (non-hydrogen) atoms. The van der Waals surface area contributed by atoms with Crippen molar-refractivity contribution in [1.82, 2.24) is 9.97 Å². The van der Waals surface area contributed by atoms with Gasteiger partial charge in [0.1, 0.15) is 5.82 Å². The molecular formula is C8H15N3. The Kier molecular flexibility index (Phi) is 5.07. The molecule has 0 radical (unpaired) electrons. The van der Waals surface area contributed by atoms with Crippen LogP contribution in [0.4, 0.5) is 5.82 Å². The van der Waals surface area contributed by atoms with E-state index < -0.39 is 0 Å². The van der Waals surface area contributed by atoms with Crippen molar-refractivity contribution in [1.29, 1.82) is 0 Å². The first-order valence-corrected chi connectivity index (χ1v) is 3.74. The number of hydrogen-bond donors (Lipinski definition) is 0. The Morgan fingerprint density at radius 2 is 1.82 bits per heavy atom. The van der Waals surface area contributed by atoms with E-state index in [9.17, 15) is 0 Å². The molecule has 3 heteroatoms. The molecular weight excluding hydrogens is 138 g/mol. The van der Waals surface area contributed by atoms with Crippen molar-refractivity contribution in [2.45, 2.75) is 13.8 Å². The molecule has 62 valence electrons. The molecule has 1 heterocycles. The van der Waals surface area contributed by atoms with Gasteiger partial charge in [0.05, 0.1) is 6.20 Å². The van der Waals surface area contributed by atoms with Gasteiger partial charge in [-0.3, -0.25) is 4.98 Å². The highest BCUT2D eigenvalue weighted by Crippen LogP contribution is 1.99. The predicted octanol–water partition coefficient (Wildman–Crippen LogP) is 1.57. The molecule has 0 unspecified atom stereocenters. The SMILES string of the molecule is CC.CN(C)c1cnccn1. The highest BCUT2D eigenvalue weighted by molar-refractivity contribution is 5.31. The van der Waals surface area contributed by atoms with Crippen molar-refractivity contribution in [3.05, 3.63) is 18.6 Å². The van der Waals surface area contributed by atoms with Gasteiger partial charge >= 0.3 is 0 Å². The highest BCUT2D eigenvalue weighted by Gasteiger charge is 1.90. The van der Waals surface area contributed by atoms with Crippen LogP contribution in [0.25, 0.3) is 0 Å². The van der Waals surface area contributed by atoms with Gasteiger partial charge in [-0.25, -0.2) is 4.98 Å². The molecule has 1 aromatic heterocycles. The lowest BCUT2D eigenvalue weighted by molar-refractivity contribution is 1.04. The molecule has 0 N–H and O–H groups in total. The maximum absolute atomic E-state index is 4.04. The van der Waals surface area contributed by atoms with E-state index in [0.717, 1.165) is 5.82 Å². The first-order chi connectivity index (χ1) is 5.30. The number of rotatable bonds is 1. The fraction of sp³-hybridized carbons (Fsp3) is 0.500. The van der Waals surface area contributed by atoms with Gasteiger partial charge in [0.15, 0.2) is 0 Å². The van der Waals surface area contributed by atoms with Crippen LogP contribution in [0, 0.1) is 0 Å². The minimum Gasteiger partial charge on any atom is -0.361 e. The van der Waals surface area contributed by atoms with Gasteiger partial charge in [0.25, 0.3) is 0 Å². The van der Waals surface area contributed by atoms with Crippen molar-refractivity contribution in [3.63, 3.8) is 0 Å². The Morgan fingerprint density at radius 3 is 2.09 bits per heavy atom. The van der Waals surface area contributed by atoms with E-state index in [-0.39, 0.29) is 0 Å². The summed E-state index contributed by atoms with van der Waals surface area (Å²) in [4.78, 5) is 9.85. The largest absolute Gasteiger partial charge is 0.361 e. The van der Waals surface area contributed by atoms with E-state index in [0.29, 0.717) is 0 Å². The zero-order chi connectivity index (χ0) is 8.69. The third kappa shape index (κ3) is 3.55. The van der Waals surface area contributed by atoms with Crippen LogP contribution in [0.1, 0.15) is 13.8 Å². The summed E-state index contributed by atoms with van der Waals surface area (Å²) >= 11 is 0. The predicted molar refractivity (Wildman–Crippen MR) is 47.7 cm³/mol. The Bertz CT molecular complexity index is 172. The topological polar surface area (TPSA) is 29.0 Å². The quantitative estimate of drug-likeness (QED) is 0.613. The molecule has 0 fully saturated rings. The molecule has 0 aliphatic rings. The van der Waals surface area contributed by atoms with Gasteiger partial charge in [-0.15, -0.1) is 0 Å². The van der Waals surface area contributed by atoms with Gasteiger partial charge in [-0.1, -0.05) is 13.8 Å². The summed E-state index contributed by atoms with van der Waals surface area (Å²) in [5.41, 5.74) is 0. The molecule has 0 amide bonds. The number of nitrogens with zero attached hydrogens (tertiary/aromatic N) is 3. The third-order valence-corrected chi connectivity index (χ3v) is 1.01. The maximum atomic E-state index is 4.04. The zero-order valence-corrected chi connectivity index (χ0v) is 7.57. The van der Waals surface area contributed by atoms with Gasteiger partial charge in [0, 0.05) is 26.5 Å². The van der Waals surface area contributed by atoms with E-state index in [2.05, 4.69) is 9.97 Å². The Balaban J connectivity index is 0.000000461.